The maximum absolute atomic E-state index is 13.1. The molecule has 150 valence electrons. The first-order valence-corrected chi connectivity index (χ1v) is 11.4. The molecule has 2 aromatic heterocycles. The van der Waals surface area contributed by atoms with E-state index in [0.29, 0.717) is 5.92 Å². The van der Waals surface area contributed by atoms with Crippen molar-refractivity contribution in [2.45, 2.75) is 63.2 Å². The van der Waals surface area contributed by atoms with Crippen LogP contribution in [0.4, 0.5) is 0 Å². The van der Waals surface area contributed by atoms with Gasteiger partial charge in [0, 0.05) is 35.9 Å². The van der Waals surface area contributed by atoms with Crippen LogP contribution in [0.25, 0.3) is 10.9 Å². The van der Waals surface area contributed by atoms with E-state index in [9.17, 15) is 9.59 Å². The number of hydrogen-bond acceptors (Lipinski definition) is 4. The number of rotatable bonds is 3. The molecule has 3 heterocycles. The Morgan fingerprint density at radius 3 is 2.86 bits per heavy atom. The lowest BCUT2D eigenvalue weighted by Crippen LogP contribution is -2.43. The third-order valence-electron chi connectivity index (χ3n) is 6.44. The summed E-state index contributed by atoms with van der Waals surface area (Å²) in [6, 6.07) is 4.15. The van der Waals surface area contributed by atoms with Crippen LogP contribution in [0.5, 0.6) is 0 Å². The van der Waals surface area contributed by atoms with E-state index in [0.717, 1.165) is 60.0 Å². The van der Waals surface area contributed by atoms with Gasteiger partial charge in [0.1, 0.15) is 0 Å². The number of fused-ring (bicyclic) bond motifs is 1. The van der Waals surface area contributed by atoms with Crippen LogP contribution in [-0.4, -0.2) is 32.5 Å². The minimum absolute atomic E-state index is 0.0771. The van der Waals surface area contributed by atoms with E-state index in [4.69, 9.17) is 0 Å². The highest BCUT2D eigenvalue weighted by atomic mass is 32.2. The van der Waals surface area contributed by atoms with Crippen molar-refractivity contribution in [2.24, 2.45) is 13.0 Å². The second kappa shape index (κ2) is 7.90. The van der Waals surface area contributed by atoms with Crippen molar-refractivity contribution in [3.63, 3.8) is 0 Å². The van der Waals surface area contributed by atoms with Crippen molar-refractivity contribution in [3.8, 4) is 0 Å². The van der Waals surface area contributed by atoms with Gasteiger partial charge in [-0.05, 0) is 68.7 Å². The molecule has 2 aromatic rings. The highest BCUT2D eigenvalue weighted by molar-refractivity contribution is 8.00. The quantitative estimate of drug-likeness (QED) is 0.858. The molecule has 1 N–H and O–H groups in total. The van der Waals surface area contributed by atoms with Crippen LogP contribution < -0.4 is 10.9 Å². The second-order valence-corrected chi connectivity index (χ2v) is 9.76. The summed E-state index contributed by atoms with van der Waals surface area (Å²) in [5, 5.41) is 4.39. The lowest BCUT2D eigenvalue weighted by molar-refractivity contribution is -0.121. The lowest BCUT2D eigenvalue weighted by atomic mass is 9.74. The molecule has 28 heavy (non-hydrogen) atoms. The molecular weight excluding hydrogens is 370 g/mol. The van der Waals surface area contributed by atoms with Gasteiger partial charge in [0.2, 0.25) is 5.91 Å². The maximum atomic E-state index is 13.1. The van der Waals surface area contributed by atoms with E-state index in [-0.39, 0.29) is 28.7 Å². The first kappa shape index (κ1) is 19.5. The number of thioether (sulfide) groups is 1. The molecule has 4 rings (SSSR count). The zero-order valence-corrected chi connectivity index (χ0v) is 17.7. The monoisotopic (exact) mass is 399 g/mol. The van der Waals surface area contributed by atoms with E-state index in [2.05, 4.69) is 17.2 Å². The van der Waals surface area contributed by atoms with E-state index in [1.165, 1.54) is 0 Å². The number of hydrogen-bond donors (Lipinski definition) is 1. The predicted molar refractivity (Wildman–Crippen MR) is 115 cm³/mol. The molecule has 0 spiro atoms. The number of pyridine rings is 2. The van der Waals surface area contributed by atoms with Gasteiger partial charge in [-0.3, -0.25) is 14.6 Å². The maximum Gasteiger partial charge on any atom is 0.254 e. The van der Waals surface area contributed by atoms with Gasteiger partial charge < -0.3 is 9.88 Å². The highest BCUT2D eigenvalue weighted by Crippen LogP contribution is 2.37. The summed E-state index contributed by atoms with van der Waals surface area (Å²) in [5.41, 5.74) is 2.78. The summed E-state index contributed by atoms with van der Waals surface area (Å²) in [5.74, 6) is 1.87. The zero-order valence-electron chi connectivity index (χ0n) is 16.9. The van der Waals surface area contributed by atoms with Gasteiger partial charge in [-0.1, -0.05) is 6.92 Å². The molecule has 0 aromatic carbocycles. The molecule has 1 aliphatic heterocycles. The van der Waals surface area contributed by atoms with Crippen molar-refractivity contribution in [3.05, 3.63) is 39.9 Å². The third-order valence-corrected chi connectivity index (χ3v) is 7.81. The van der Waals surface area contributed by atoms with E-state index < -0.39 is 0 Å². The number of nitrogens with zero attached hydrogens (tertiary/aromatic N) is 2. The SMILES string of the molecule is Cc1cc2c(cn1)cc(C1CC(NC(=O)C3CCCS3)CCC1C)c(=O)n2C. The molecule has 4 atom stereocenters. The van der Waals surface area contributed by atoms with Gasteiger partial charge in [0.05, 0.1) is 10.8 Å². The first-order chi connectivity index (χ1) is 13.4. The fourth-order valence-corrected chi connectivity index (χ4v) is 5.89. The number of carbonyl (C=O) groups excluding carboxylic acids is 1. The van der Waals surface area contributed by atoms with Crippen LogP contribution in [0.2, 0.25) is 0 Å². The van der Waals surface area contributed by atoms with E-state index >= 15 is 0 Å². The molecule has 5 nitrogen and oxygen atoms in total. The Bertz CT molecular complexity index is 949. The largest absolute Gasteiger partial charge is 0.352 e. The average molecular weight is 400 g/mol. The fraction of sp³-hybridized carbons (Fsp3) is 0.591. The van der Waals surface area contributed by atoms with Gasteiger partial charge in [0.15, 0.2) is 0 Å². The molecule has 1 saturated heterocycles. The Labute approximate surface area is 170 Å². The summed E-state index contributed by atoms with van der Waals surface area (Å²) in [6.45, 7) is 4.17. The highest BCUT2D eigenvalue weighted by Gasteiger charge is 2.33. The summed E-state index contributed by atoms with van der Waals surface area (Å²) < 4.78 is 1.75. The molecule has 1 saturated carbocycles. The molecule has 2 aliphatic rings. The average Bonchev–Trinajstić information content (AvgIpc) is 3.22. The first-order valence-electron chi connectivity index (χ1n) is 10.3. The predicted octanol–water partition coefficient (Wildman–Crippen LogP) is 3.53. The normalized spacial score (nSPS) is 27.8. The number of aryl methyl sites for hydroxylation is 2. The van der Waals surface area contributed by atoms with Crippen LogP contribution in [0.15, 0.2) is 23.1 Å². The van der Waals surface area contributed by atoms with Gasteiger partial charge in [-0.15, -0.1) is 11.8 Å². The number of carbonyl (C=O) groups is 1. The Balaban J connectivity index is 1.60. The van der Waals surface area contributed by atoms with E-state index in [1.54, 1.807) is 16.3 Å². The Kier molecular flexibility index (Phi) is 5.50. The Morgan fingerprint density at radius 2 is 2.11 bits per heavy atom. The van der Waals surface area contributed by atoms with Gasteiger partial charge in [-0.25, -0.2) is 0 Å². The number of nitrogens with one attached hydrogen (secondary N) is 1. The van der Waals surface area contributed by atoms with Crippen molar-refractivity contribution < 1.29 is 4.79 Å². The molecule has 1 aliphatic carbocycles. The van der Waals surface area contributed by atoms with Gasteiger partial charge in [-0.2, -0.15) is 0 Å². The molecule has 1 amide bonds. The van der Waals surface area contributed by atoms with E-state index in [1.807, 2.05) is 32.3 Å². The van der Waals surface area contributed by atoms with Crippen LogP contribution in [0.1, 0.15) is 56.2 Å². The molecule has 6 heteroatoms. The molecule has 0 radical (unpaired) electrons. The molecule has 4 unspecified atom stereocenters. The lowest BCUT2D eigenvalue weighted by Gasteiger charge is -2.35. The standard InChI is InChI=1S/C22H29N3O2S/c1-13-6-7-16(24-21(26)20-5-4-8-28-20)11-17(13)18-10-15-12-23-14(2)9-19(15)25(3)22(18)27/h9-10,12-13,16-17,20H,4-8,11H2,1-3H3,(H,24,26). The van der Waals surface area contributed by atoms with Crippen molar-refractivity contribution in [2.75, 3.05) is 5.75 Å². The second-order valence-electron chi connectivity index (χ2n) is 8.45. The van der Waals surface area contributed by atoms with Crippen LogP contribution in [-0.2, 0) is 11.8 Å². The van der Waals surface area contributed by atoms with Crippen molar-refractivity contribution in [1.82, 2.24) is 14.9 Å². The molecular formula is C22H29N3O2S. The number of amides is 1. The zero-order chi connectivity index (χ0) is 19.8. The Hall–Kier alpha value is -1.82. The number of aromatic nitrogens is 2. The Morgan fingerprint density at radius 1 is 1.29 bits per heavy atom. The molecule has 2 fully saturated rings. The van der Waals surface area contributed by atoms with Crippen molar-refractivity contribution >= 4 is 28.6 Å². The van der Waals surface area contributed by atoms with Crippen LogP contribution in [0.3, 0.4) is 0 Å². The smallest absolute Gasteiger partial charge is 0.254 e. The third kappa shape index (κ3) is 3.71. The fourth-order valence-electron chi connectivity index (χ4n) is 4.72. The minimum atomic E-state index is 0.0771. The topological polar surface area (TPSA) is 64.0 Å². The minimum Gasteiger partial charge on any atom is -0.352 e. The van der Waals surface area contributed by atoms with Crippen LogP contribution >= 0.6 is 11.8 Å². The van der Waals surface area contributed by atoms with Gasteiger partial charge in [0.25, 0.3) is 5.56 Å². The summed E-state index contributed by atoms with van der Waals surface area (Å²) in [4.78, 5) is 30.1. The molecule has 0 bridgehead atoms. The summed E-state index contributed by atoms with van der Waals surface area (Å²) >= 11 is 1.77. The van der Waals surface area contributed by atoms with Gasteiger partial charge >= 0.3 is 0 Å². The van der Waals surface area contributed by atoms with Crippen LogP contribution in [0, 0.1) is 12.8 Å². The summed E-state index contributed by atoms with van der Waals surface area (Å²) in [7, 11) is 1.84. The summed E-state index contributed by atoms with van der Waals surface area (Å²) in [6.07, 6.45) is 6.84. The van der Waals surface area contributed by atoms with Crippen molar-refractivity contribution in [1.29, 1.82) is 0 Å².